The van der Waals surface area contributed by atoms with Crippen LogP contribution in [-0.4, -0.2) is 47.9 Å². The summed E-state index contributed by atoms with van der Waals surface area (Å²) in [5.41, 5.74) is -0.151. The molecule has 0 radical (unpaired) electrons. The van der Waals surface area contributed by atoms with Crippen LogP contribution in [-0.2, 0) is 10.0 Å². The van der Waals surface area contributed by atoms with E-state index in [1.54, 1.807) is 24.3 Å². The third-order valence-corrected chi connectivity index (χ3v) is 7.17. The van der Waals surface area contributed by atoms with Gasteiger partial charge in [-0.1, -0.05) is 23.9 Å². The summed E-state index contributed by atoms with van der Waals surface area (Å²) in [7, 11) is -0.419. The van der Waals surface area contributed by atoms with Crippen LogP contribution in [0, 0.1) is 11.6 Å². The number of thioether (sulfide) groups is 1. The fourth-order valence-electron chi connectivity index (χ4n) is 2.67. The van der Waals surface area contributed by atoms with Crippen LogP contribution >= 0.6 is 11.8 Å². The molecule has 3 aromatic rings. The summed E-state index contributed by atoms with van der Waals surface area (Å²) >= 11 is 1.14. The lowest BCUT2D eigenvalue weighted by atomic mass is 10.2. The summed E-state index contributed by atoms with van der Waals surface area (Å²) in [4.78, 5) is 17.5. The maximum absolute atomic E-state index is 14.4. The van der Waals surface area contributed by atoms with Crippen molar-refractivity contribution in [3.05, 3.63) is 64.5 Å². The van der Waals surface area contributed by atoms with E-state index < -0.39 is 27.2 Å². The van der Waals surface area contributed by atoms with Crippen molar-refractivity contribution in [3.63, 3.8) is 0 Å². The largest absolute Gasteiger partial charge is 0.268 e. The minimum Gasteiger partial charge on any atom is -0.268 e. The summed E-state index contributed by atoms with van der Waals surface area (Å²) in [6.45, 7) is 0. The SMILES string of the molecule is CN(C)S(=O)(=O)CCCSc1nc2ccccc2c(=O)n1-c1ccc(F)cc1F. The van der Waals surface area contributed by atoms with Crippen molar-refractivity contribution in [3.8, 4) is 5.69 Å². The number of rotatable bonds is 7. The van der Waals surface area contributed by atoms with Gasteiger partial charge in [0.25, 0.3) is 5.56 Å². The van der Waals surface area contributed by atoms with Crippen LogP contribution in [0.2, 0.25) is 0 Å². The number of nitrogens with zero attached hydrogens (tertiary/aromatic N) is 3. The molecule has 154 valence electrons. The molecule has 2 aromatic carbocycles. The number of aromatic nitrogens is 2. The fraction of sp³-hybridized carbons (Fsp3) is 0.263. The van der Waals surface area contributed by atoms with Crippen molar-refractivity contribution < 1.29 is 17.2 Å². The number of hydrogen-bond acceptors (Lipinski definition) is 5. The van der Waals surface area contributed by atoms with Gasteiger partial charge >= 0.3 is 0 Å². The van der Waals surface area contributed by atoms with E-state index in [1.807, 2.05) is 0 Å². The van der Waals surface area contributed by atoms with Gasteiger partial charge in [0.15, 0.2) is 5.16 Å². The van der Waals surface area contributed by atoms with E-state index in [2.05, 4.69) is 4.98 Å². The van der Waals surface area contributed by atoms with Gasteiger partial charge in [0, 0.05) is 25.9 Å². The van der Waals surface area contributed by atoms with E-state index in [-0.39, 0.29) is 16.6 Å². The van der Waals surface area contributed by atoms with Gasteiger partial charge < -0.3 is 0 Å². The molecule has 0 spiro atoms. The normalized spacial score (nSPS) is 12.0. The number of hydrogen-bond donors (Lipinski definition) is 0. The van der Waals surface area contributed by atoms with E-state index in [0.717, 1.165) is 26.7 Å². The Morgan fingerprint density at radius 2 is 1.86 bits per heavy atom. The van der Waals surface area contributed by atoms with Gasteiger partial charge in [-0.05, 0) is 30.7 Å². The van der Waals surface area contributed by atoms with Crippen LogP contribution < -0.4 is 5.56 Å². The van der Waals surface area contributed by atoms with E-state index in [0.29, 0.717) is 29.1 Å². The minimum absolute atomic E-state index is 0.0598. The first-order valence-corrected chi connectivity index (χ1v) is 11.3. The lowest BCUT2D eigenvalue weighted by Gasteiger charge is -2.14. The molecule has 0 unspecified atom stereocenters. The van der Waals surface area contributed by atoms with Gasteiger partial charge in [0.1, 0.15) is 11.6 Å². The molecule has 0 amide bonds. The molecule has 0 bridgehead atoms. The fourth-order valence-corrected chi connectivity index (χ4v) is 4.67. The Morgan fingerprint density at radius 1 is 1.14 bits per heavy atom. The number of halogens is 2. The molecule has 0 aliphatic heterocycles. The second kappa shape index (κ2) is 8.60. The summed E-state index contributed by atoms with van der Waals surface area (Å²) in [6, 6.07) is 9.62. The highest BCUT2D eigenvalue weighted by molar-refractivity contribution is 7.99. The van der Waals surface area contributed by atoms with E-state index in [9.17, 15) is 22.0 Å². The van der Waals surface area contributed by atoms with E-state index >= 15 is 0 Å². The molecule has 1 heterocycles. The van der Waals surface area contributed by atoms with Gasteiger partial charge in [-0.3, -0.25) is 9.36 Å². The smallest absolute Gasteiger partial charge is 0.266 e. The molecule has 10 heteroatoms. The zero-order valence-corrected chi connectivity index (χ0v) is 17.4. The highest BCUT2D eigenvalue weighted by atomic mass is 32.2. The molecule has 0 atom stereocenters. The lowest BCUT2D eigenvalue weighted by Crippen LogP contribution is -2.25. The Kier molecular flexibility index (Phi) is 6.35. The van der Waals surface area contributed by atoms with Gasteiger partial charge in [-0.15, -0.1) is 0 Å². The first-order chi connectivity index (χ1) is 13.7. The standard InChI is InChI=1S/C19H19F2N3O3S2/c1-23(2)29(26,27)11-5-10-28-19-22-16-7-4-3-6-14(16)18(25)24(19)17-9-8-13(20)12-15(17)21/h3-4,6-9,12H,5,10-11H2,1-2H3. The zero-order chi connectivity index (χ0) is 21.2. The molecule has 0 saturated carbocycles. The Morgan fingerprint density at radius 3 is 2.55 bits per heavy atom. The Balaban J connectivity index is 2.00. The number of fused-ring (bicyclic) bond motifs is 1. The van der Waals surface area contributed by atoms with Crippen LogP contribution in [0.15, 0.2) is 52.4 Å². The minimum atomic E-state index is -3.34. The quantitative estimate of drug-likeness (QED) is 0.322. The van der Waals surface area contributed by atoms with Crippen LogP contribution in [0.3, 0.4) is 0 Å². The van der Waals surface area contributed by atoms with Gasteiger partial charge in [0.2, 0.25) is 10.0 Å². The third kappa shape index (κ3) is 4.65. The van der Waals surface area contributed by atoms with Crippen molar-refractivity contribution in [2.75, 3.05) is 25.6 Å². The predicted molar refractivity (Wildman–Crippen MR) is 110 cm³/mol. The Bertz CT molecular complexity index is 1210. The second-order valence-electron chi connectivity index (χ2n) is 6.45. The molecule has 0 saturated heterocycles. The first-order valence-electron chi connectivity index (χ1n) is 8.71. The topological polar surface area (TPSA) is 72.3 Å². The second-order valence-corrected chi connectivity index (χ2v) is 9.81. The van der Waals surface area contributed by atoms with Crippen molar-refractivity contribution in [1.82, 2.24) is 13.9 Å². The lowest BCUT2D eigenvalue weighted by molar-refractivity contribution is 0.520. The summed E-state index contributed by atoms with van der Waals surface area (Å²) < 4.78 is 53.8. The maximum atomic E-state index is 14.4. The Labute approximate surface area is 171 Å². The molecule has 6 nitrogen and oxygen atoms in total. The summed E-state index contributed by atoms with van der Waals surface area (Å²) in [5, 5.41) is 0.511. The van der Waals surface area contributed by atoms with E-state index in [4.69, 9.17) is 0 Å². The average Bonchev–Trinajstić information content (AvgIpc) is 2.66. The van der Waals surface area contributed by atoms with Crippen LogP contribution in [0.4, 0.5) is 8.78 Å². The first kappa shape index (κ1) is 21.4. The van der Waals surface area contributed by atoms with Gasteiger partial charge in [-0.25, -0.2) is 26.5 Å². The molecular formula is C19H19F2N3O3S2. The molecular weight excluding hydrogens is 420 g/mol. The number of sulfonamides is 1. The summed E-state index contributed by atoms with van der Waals surface area (Å²) in [5.74, 6) is -1.35. The molecule has 0 N–H and O–H groups in total. The number of benzene rings is 2. The van der Waals surface area contributed by atoms with Crippen LogP contribution in [0.5, 0.6) is 0 Å². The molecule has 29 heavy (non-hydrogen) atoms. The van der Waals surface area contributed by atoms with Crippen molar-refractivity contribution in [1.29, 1.82) is 0 Å². The van der Waals surface area contributed by atoms with Crippen molar-refractivity contribution >= 4 is 32.7 Å². The maximum Gasteiger partial charge on any atom is 0.266 e. The van der Waals surface area contributed by atoms with Crippen LogP contribution in [0.25, 0.3) is 16.6 Å². The summed E-state index contributed by atoms with van der Waals surface area (Å²) in [6.07, 6.45) is 0.319. The molecule has 3 rings (SSSR count). The van der Waals surface area contributed by atoms with Gasteiger partial charge in [-0.2, -0.15) is 0 Å². The van der Waals surface area contributed by atoms with Crippen molar-refractivity contribution in [2.45, 2.75) is 11.6 Å². The third-order valence-electron chi connectivity index (χ3n) is 4.23. The molecule has 0 aliphatic carbocycles. The molecule has 0 aliphatic rings. The number of para-hydroxylation sites is 1. The molecule has 1 aromatic heterocycles. The Hall–Kier alpha value is -2.30. The van der Waals surface area contributed by atoms with E-state index in [1.165, 1.54) is 20.2 Å². The average molecular weight is 440 g/mol. The monoisotopic (exact) mass is 439 g/mol. The van der Waals surface area contributed by atoms with Gasteiger partial charge in [0.05, 0.1) is 22.3 Å². The van der Waals surface area contributed by atoms with Crippen molar-refractivity contribution in [2.24, 2.45) is 0 Å². The highest BCUT2D eigenvalue weighted by Gasteiger charge is 2.18. The van der Waals surface area contributed by atoms with Crippen LogP contribution in [0.1, 0.15) is 6.42 Å². The molecule has 0 fully saturated rings. The highest BCUT2D eigenvalue weighted by Crippen LogP contribution is 2.24. The zero-order valence-electron chi connectivity index (χ0n) is 15.8. The predicted octanol–water partition coefficient (Wildman–Crippen LogP) is 3.04.